The van der Waals surface area contributed by atoms with Crippen LogP contribution in [0, 0.1) is 0 Å². The van der Waals surface area contributed by atoms with Gasteiger partial charge in [-0.3, -0.25) is 0 Å². The highest BCUT2D eigenvalue weighted by Crippen LogP contribution is 2.55. The summed E-state index contributed by atoms with van der Waals surface area (Å²) in [5.74, 6) is 0. The van der Waals surface area contributed by atoms with Crippen molar-refractivity contribution in [1.82, 2.24) is 0 Å². The van der Waals surface area contributed by atoms with Crippen molar-refractivity contribution in [3.8, 4) is 89.0 Å². The molecule has 0 bridgehead atoms. The Morgan fingerprint density at radius 2 is 0.338 bits per heavy atom. The topological polar surface area (TPSA) is 13.0 Å². The highest BCUT2D eigenvalue weighted by molar-refractivity contribution is 6.95. The van der Waals surface area contributed by atoms with Crippen molar-refractivity contribution in [3.05, 3.63) is 485 Å². The van der Waals surface area contributed by atoms with Crippen molar-refractivity contribution >= 4 is 203 Å². The van der Waals surface area contributed by atoms with Gasteiger partial charge in [0.2, 0.25) is 0 Å². The molecular weight excluding hydrogens is 1640 g/mol. The Morgan fingerprint density at radius 1 is 0.110 bits per heavy atom. The molecular formula is C128H80B4N4. The smallest absolute Gasteiger partial charge is 0.329 e. The van der Waals surface area contributed by atoms with E-state index in [9.17, 15) is 0 Å². The molecule has 24 aromatic carbocycles. The first-order valence-electron chi connectivity index (χ1n) is 47.6. The Bertz CT molecular complexity index is 8790. The van der Waals surface area contributed by atoms with Gasteiger partial charge in [0, 0.05) is 90.0 Å². The molecule has 0 unspecified atom stereocenters. The maximum atomic E-state index is 2.59. The average molecular weight is 1720 g/mol. The summed E-state index contributed by atoms with van der Waals surface area (Å²) in [6.45, 7) is 0.563. The lowest BCUT2D eigenvalue weighted by molar-refractivity contribution is 1.36. The average Bonchev–Trinajstić information content (AvgIpc) is 0.719. The van der Waals surface area contributed by atoms with Gasteiger partial charge in [-0.15, -0.1) is 0 Å². The van der Waals surface area contributed by atoms with E-state index in [4.69, 9.17) is 0 Å². The first kappa shape index (κ1) is 76.5. The van der Waals surface area contributed by atoms with Crippen LogP contribution in [0.1, 0.15) is 0 Å². The number of fused-ring (bicyclic) bond motifs is 54. The lowest BCUT2D eigenvalue weighted by Crippen LogP contribution is -2.59. The second-order valence-electron chi connectivity index (χ2n) is 37.4. The fraction of sp³-hybridized carbons (Fsp3) is 0. The van der Waals surface area contributed by atoms with Crippen molar-refractivity contribution in [3.63, 3.8) is 0 Å². The van der Waals surface area contributed by atoms with Gasteiger partial charge in [-0.2, -0.15) is 0 Å². The summed E-state index contributed by atoms with van der Waals surface area (Å²) in [5.41, 5.74) is 42.5. The summed E-state index contributed by atoms with van der Waals surface area (Å²) in [6, 6.07) is 179. The number of nitrogens with zero attached hydrogens (tertiary/aromatic N) is 4. The molecule has 0 amide bonds. The van der Waals surface area contributed by atoms with Crippen molar-refractivity contribution in [2.24, 2.45) is 0 Å². The van der Waals surface area contributed by atoms with Crippen LogP contribution < -0.4 is 62.9 Å². The number of para-hydroxylation sites is 3. The van der Waals surface area contributed by atoms with E-state index in [1.54, 1.807) is 0 Å². The second kappa shape index (κ2) is 30.2. The Kier molecular flexibility index (Phi) is 17.0. The summed E-state index contributed by atoms with van der Waals surface area (Å²) in [7, 11) is 0. The third kappa shape index (κ3) is 11.5. The molecule has 0 fully saturated rings. The SMILES string of the molecule is c1ccc2c(c1)B1c3cc4ccccc4cc3-c3cc4ccccc4cc3N1c1ccccc1-2.c1ccc2c(c1)B1c3cc4ccccc4cc3-c3ccccc3N1c1cc3ccccc3cc1-2.c1ccc2c(c1)B1c3ccc4ccccc4c3-c3ccccc3N1c1cc3ccccc3cc1-2.c1ccc2c(c1)B1c3ccccc3-c3c(ccc4ccccc34)N1c1cc3ccccc3cc1-2. The van der Waals surface area contributed by atoms with Crippen LogP contribution in [0.2, 0.25) is 0 Å². The van der Waals surface area contributed by atoms with E-state index in [-0.39, 0.29) is 27.4 Å². The van der Waals surface area contributed by atoms with Crippen LogP contribution >= 0.6 is 0 Å². The first-order valence-corrected chi connectivity index (χ1v) is 47.6. The molecule has 624 valence electrons. The van der Waals surface area contributed by atoms with Gasteiger partial charge < -0.3 is 19.2 Å². The van der Waals surface area contributed by atoms with Gasteiger partial charge in [-0.1, -0.05) is 400 Å². The van der Waals surface area contributed by atoms with E-state index >= 15 is 0 Å². The molecule has 136 heavy (non-hydrogen) atoms. The lowest BCUT2D eigenvalue weighted by atomic mass is 9.43. The molecule has 0 spiro atoms. The molecule has 0 aliphatic carbocycles. The quantitative estimate of drug-likeness (QED) is 0.140. The molecule has 8 aliphatic heterocycles. The summed E-state index contributed by atoms with van der Waals surface area (Å²) in [5, 5.41) is 20.6. The standard InChI is InChI=1S/4C32H20BN/c1-3-11-23-19-30-27(17-21(23)9-1)26-14-6-8-16-31(26)34-32-20-24-12-4-2-10-22(24)18-28(32)25-13-5-7-15-29(25)33(30)34;1-3-11-23-19-30-27(17-21(23)9-1)28-18-22-10-2-4-12-24(22)20-32(28)34-31-16-8-6-14-26(31)25-13-5-7-15-29(25)33(30)34;1-2-11-23-20-31-27(19-22(23)10-1)25-13-5-7-15-28(25)33-29-18-17-21-9-3-4-12-24(21)32(29)26-14-6-8-16-30(26)34(31)33;1-2-11-23-20-31-27(19-22(23)10-1)25-13-5-7-15-28(25)33-29-16-8-6-14-26(29)32-24-12-4-3-9-21(24)17-18-30(32)34(31)33/h4*1-20H. The Morgan fingerprint density at radius 3 is 0.728 bits per heavy atom. The number of benzene rings is 24. The van der Waals surface area contributed by atoms with E-state index < -0.39 is 0 Å². The third-order valence-corrected chi connectivity index (χ3v) is 30.4. The van der Waals surface area contributed by atoms with Gasteiger partial charge in [0.15, 0.2) is 0 Å². The van der Waals surface area contributed by atoms with Crippen molar-refractivity contribution in [2.75, 3.05) is 19.2 Å². The normalized spacial score (nSPS) is 13.2. The van der Waals surface area contributed by atoms with Crippen LogP contribution in [-0.4, -0.2) is 27.4 Å². The number of hydrogen-bond donors (Lipinski definition) is 0. The van der Waals surface area contributed by atoms with Gasteiger partial charge in [0.05, 0.1) is 0 Å². The van der Waals surface area contributed by atoms with E-state index in [1.165, 1.54) is 264 Å². The molecule has 8 heterocycles. The summed E-state index contributed by atoms with van der Waals surface area (Å²) in [4.78, 5) is 10.3. The van der Waals surface area contributed by atoms with Crippen LogP contribution in [-0.2, 0) is 0 Å². The van der Waals surface area contributed by atoms with Crippen molar-refractivity contribution in [1.29, 1.82) is 0 Å². The number of hydrogen-bond acceptors (Lipinski definition) is 4. The number of anilines is 8. The summed E-state index contributed by atoms with van der Waals surface area (Å²) in [6.07, 6.45) is 0. The zero-order valence-corrected chi connectivity index (χ0v) is 74.3. The molecule has 4 nitrogen and oxygen atoms in total. The monoisotopic (exact) mass is 1720 g/mol. The molecule has 0 saturated heterocycles. The Balaban J connectivity index is 0.0000000879. The van der Waals surface area contributed by atoms with E-state index in [1.807, 2.05) is 0 Å². The number of rotatable bonds is 0. The zero-order valence-electron chi connectivity index (χ0n) is 74.3. The minimum absolute atomic E-state index is 0.138. The van der Waals surface area contributed by atoms with E-state index in [0.29, 0.717) is 0 Å². The van der Waals surface area contributed by atoms with Crippen LogP contribution in [0.5, 0.6) is 0 Å². The molecule has 8 heteroatoms. The molecule has 0 aromatic heterocycles. The highest BCUT2D eigenvalue weighted by atomic mass is 15.1. The molecule has 0 N–H and O–H groups in total. The van der Waals surface area contributed by atoms with Crippen LogP contribution in [0.15, 0.2) is 485 Å². The maximum Gasteiger partial charge on any atom is 0.329 e. The molecule has 0 radical (unpaired) electrons. The van der Waals surface area contributed by atoms with E-state index in [2.05, 4.69) is 505 Å². The van der Waals surface area contributed by atoms with Gasteiger partial charge >= 0.3 is 27.4 Å². The van der Waals surface area contributed by atoms with Crippen LogP contribution in [0.3, 0.4) is 0 Å². The van der Waals surface area contributed by atoms with Gasteiger partial charge in [0.25, 0.3) is 0 Å². The minimum Gasteiger partial charge on any atom is -0.376 e. The lowest BCUT2D eigenvalue weighted by Gasteiger charge is -2.43. The van der Waals surface area contributed by atoms with Gasteiger partial charge in [-0.25, -0.2) is 0 Å². The molecule has 0 atom stereocenters. The summed E-state index contributed by atoms with van der Waals surface area (Å²) < 4.78 is 0. The molecule has 0 saturated carbocycles. The van der Waals surface area contributed by atoms with Crippen LogP contribution in [0.4, 0.5) is 45.5 Å². The predicted octanol–water partition coefficient (Wildman–Crippen LogP) is 27.6. The van der Waals surface area contributed by atoms with Gasteiger partial charge in [0.1, 0.15) is 0 Å². The maximum absolute atomic E-state index is 2.59. The molecule has 8 aliphatic rings. The second-order valence-corrected chi connectivity index (χ2v) is 37.4. The molecule has 24 aromatic rings. The zero-order chi connectivity index (χ0) is 88.9. The van der Waals surface area contributed by atoms with Crippen molar-refractivity contribution in [2.45, 2.75) is 0 Å². The first-order chi connectivity index (χ1) is 67.5. The highest BCUT2D eigenvalue weighted by Gasteiger charge is 2.48. The third-order valence-electron chi connectivity index (χ3n) is 30.4. The Hall–Kier alpha value is -17.2. The van der Waals surface area contributed by atoms with Gasteiger partial charge in [-0.05, 0) is 259 Å². The predicted molar refractivity (Wildman–Crippen MR) is 584 cm³/mol. The molecule has 32 rings (SSSR count). The van der Waals surface area contributed by atoms with E-state index in [0.717, 1.165) is 0 Å². The van der Waals surface area contributed by atoms with Crippen LogP contribution in [0.25, 0.3) is 175 Å². The minimum atomic E-state index is 0.138. The van der Waals surface area contributed by atoms with Crippen molar-refractivity contribution < 1.29 is 0 Å². The fourth-order valence-corrected chi connectivity index (χ4v) is 24.6. The largest absolute Gasteiger partial charge is 0.376 e. The Labute approximate surface area is 790 Å². The summed E-state index contributed by atoms with van der Waals surface area (Å²) >= 11 is 0. The fourth-order valence-electron chi connectivity index (χ4n) is 24.6.